The summed E-state index contributed by atoms with van der Waals surface area (Å²) in [6.07, 6.45) is 0. The van der Waals surface area contributed by atoms with Gasteiger partial charge in [-0.1, -0.05) is 35.2 Å². The predicted octanol–water partition coefficient (Wildman–Crippen LogP) is 6.39. The Morgan fingerprint density at radius 1 is 1.00 bits per heavy atom. The van der Waals surface area contributed by atoms with Gasteiger partial charge in [0.1, 0.15) is 18.1 Å². The quantitative estimate of drug-likeness (QED) is 0.144. The van der Waals surface area contributed by atoms with E-state index in [-0.39, 0.29) is 0 Å². The van der Waals surface area contributed by atoms with Crippen molar-refractivity contribution in [3.05, 3.63) is 78.4 Å². The second-order valence-corrected chi connectivity index (χ2v) is 10.1. The number of hydrogen-bond donors (Lipinski definition) is 1. The summed E-state index contributed by atoms with van der Waals surface area (Å²) >= 11 is 1.61. The SMILES string of the molecule is COc1ccc(COc2cc(N3CCOCC3)cc(-c3cccc4c3Oc3ccc(N=NN)cc3S4)n2)cc1. The van der Waals surface area contributed by atoms with Crippen molar-refractivity contribution in [2.24, 2.45) is 16.2 Å². The topological polar surface area (TPSA) is 104 Å². The minimum absolute atomic E-state index is 0.387. The number of morpholine rings is 1. The first kappa shape index (κ1) is 25.0. The van der Waals surface area contributed by atoms with Crippen LogP contribution in [0.25, 0.3) is 11.3 Å². The number of nitrogens with zero attached hydrogens (tertiary/aromatic N) is 4. The van der Waals surface area contributed by atoms with Gasteiger partial charge in [-0.2, -0.15) is 0 Å². The maximum Gasteiger partial charge on any atom is 0.216 e. The van der Waals surface area contributed by atoms with Crippen LogP contribution in [0.2, 0.25) is 0 Å². The van der Waals surface area contributed by atoms with E-state index in [1.54, 1.807) is 18.9 Å². The van der Waals surface area contributed by atoms with E-state index >= 15 is 0 Å². The molecular weight excluding hydrogens is 514 g/mol. The fourth-order valence-electron chi connectivity index (χ4n) is 4.51. The molecule has 4 aromatic rings. The van der Waals surface area contributed by atoms with Crippen molar-refractivity contribution in [2.75, 3.05) is 38.3 Å². The molecule has 3 aromatic carbocycles. The van der Waals surface area contributed by atoms with Crippen molar-refractivity contribution in [1.82, 2.24) is 4.98 Å². The van der Waals surface area contributed by atoms with Crippen molar-refractivity contribution in [3.63, 3.8) is 0 Å². The molecule has 0 radical (unpaired) electrons. The lowest BCUT2D eigenvalue weighted by Gasteiger charge is -2.29. The van der Waals surface area contributed by atoms with Crippen LogP contribution in [0, 0.1) is 0 Å². The van der Waals surface area contributed by atoms with E-state index < -0.39 is 0 Å². The van der Waals surface area contributed by atoms with Crippen LogP contribution in [0.5, 0.6) is 23.1 Å². The second-order valence-electron chi connectivity index (χ2n) is 8.97. The Bertz CT molecular complexity index is 1510. The Hall–Kier alpha value is -4.28. The van der Waals surface area contributed by atoms with Gasteiger partial charge in [-0.3, -0.25) is 0 Å². The Morgan fingerprint density at radius 3 is 2.64 bits per heavy atom. The van der Waals surface area contributed by atoms with Crippen LogP contribution < -0.4 is 25.0 Å². The molecule has 0 bridgehead atoms. The van der Waals surface area contributed by atoms with E-state index in [4.69, 9.17) is 29.8 Å². The molecule has 0 amide bonds. The van der Waals surface area contributed by atoms with Crippen LogP contribution >= 0.6 is 11.8 Å². The molecular formula is C29H27N5O4S. The van der Waals surface area contributed by atoms with Gasteiger partial charge < -0.3 is 29.7 Å². The van der Waals surface area contributed by atoms with Crippen LogP contribution in [-0.4, -0.2) is 38.4 Å². The summed E-state index contributed by atoms with van der Waals surface area (Å²) in [4.78, 5) is 9.14. The molecule has 1 aromatic heterocycles. The molecule has 6 rings (SSSR count). The van der Waals surface area contributed by atoms with Crippen LogP contribution in [0.4, 0.5) is 11.4 Å². The summed E-state index contributed by atoms with van der Waals surface area (Å²) in [5, 5.41) is 7.33. The molecule has 1 fully saturated rings. The van der Waals surface area contributed by atoms with Gasteiger partial charge in [0.15, 0.2) is 5.75 Å². The van der Waals surface area contributed by atoms with Gasteiger partial charge >= 0.3 is 0 Å². The third-order valence-corrected chi connectivity index (χ3v) is 7.58. The molecule has 39 heavy (non-hydrogen) atoms. The van der Waals surface area contributed by atoms with Crippen molar-refractivity contribution in [3.8, 4) is 34.4 Å². The molecule has 0 saturated carbocycles. The van der Waals surface area contributed by atoms with Gasteiger partial charge in [0.2, 0.25) is 5.88 Å². The molecule has 0 atom stereocenters. The largest absolute Gasteiger partial charge is 0.497 e. The van der Waals surface area contributed by atoms with Crippen LogP contribution in [0.15, 0.2) is 92.9 Å². The first-order chi connectivity index (χ1) is 19.2. The Balaban J connectivity index is 1.34. The lowest BCUT2D eigenvalue weighted by Crippen LogP contribution is -2.36. The fourth-order valence-corrected chi connectivity index (χ4v) is 5.53. The second kappa shape index (κ2) is 11.2. The molecule has 0 aliphatic carbocycles. The zero-order chi connectivity index (χ0) is 26.6. The van der Waals surface area contributed by atoms with Gasteiger partial charge in [0, 0.05) is 30.4 Å². The number of benzene rings is 3. The third kappa shape index (κ3) is 5.47. The number of nitrogens with two attached hydrogens (primary N) is 1. The molecule has 3 heterocycles. The summed E-state index contributed by atoms with van der Waals surface area (Å²) in [6.45, 7) is 3.36. The minimum Gasteiger partial charge on any atom is -0.497 e. The average Bonchev–Trinajstić information content (AvgIpc) is 2.99. The number of methoxy groups -OCH3 is 1. The van der Waals surface area contributed by atoms with E-state index in [9.17, 15) is 0 Å². The highest BCUT2D eigenvalue weighted by molar-refractivity contribution is 7.99. The van der Waals surface area contributed by atoms with Crippen molar-refractivity contribution < 1.29 is 18.9 Å². The molecule has 10 heteroatoms. The van der Waals surface area contributed by atoms with Gasteiger partial charge in [0.05, 0.1) is 41.5 Å². The van der Waals surface area contributed by atoms with E-state index in [2.05, 4.69) is 21.3 Å². The number of fused-ring (bicyclic) bond motifs is 2. The first-order valence-corrected chi connectivity index (χ1v) is 13.4. The van der Waals surface area contributed by atoms with E-state index in [0.29, 0.717) is 31.4 Å². The highest BCUT2D eigenvalue weighted by Gasteiger charge is 2.24. The maximum absolute atomic E-state index is 6.42. The summed E-state index contributed by atoms with van der Waals surface area (Å²) in [7, 11) is 1.66. The Labute approximate surface area is 230 Å². The fraction of sp³-hybridized carbons (Fsp3) is 0.207. The Morgan fingerprint density at radius 2 is 1.85 bits per heavy atom. The first-order valence-electron chi connectivity index (χ1n) is 12.5. The number of hydrogen-bond acceptors (Lipinski definition) is 9. The molecule has 0 spiro atoms. The van der Waals surface area contributed by atoms with Crippen molar-refractivity contribution in [1.29, 1.82) is 0 Å². The molecule has 9 nitrogen and oxygen atoms in total. The van der Waals surface area contributed by atoms with Gasteiger partial charge in [0.25, 0.3) is 0 Å². The van der Waals surface area contributed by atoms with Crippen LogP contribution in [0.3, 0.4) is 0 Å². The number of para-hydroxylation sites is 1. The van der Waals surface area contributed by atoms with Crippen LogP contribution in [0.1, 0.15) is 5.56 Å². The minimum atomic E-state index is 0.387. The lowest BCUT2D eigenvalue weighted by molar-refractivity contribution is 0.122. The van der Waals surface area contributed by atoms with Crippen molar-refractivity contribution >= 4 is 23.1 Å². The van der Waals surface area contributed by atoms with Gasteiger partial charge in [-0.25, -0.2) is 4.98 Å². The smallest absolute Gasteiger partial charge is 0.216 e. The highest BCUT2D eigenvalue weighted by atomic mass is 32.2. The third-order valence-electron chi connectivity index (χ3n) is 6.50. The molecule has 2 aliphatic rings. The van der Waals surface area contributed by atoms with Gasteiger partial charge in [-0.05, 0) is 54.1 Å². The molecule has 0 unspecified atom stereocenters. The normalized spacial score (nSPS) is 14.4. The molecule has 2 aliphatic heterocycles. The molecule has 2 N–H and O–H groups in total. The number of anilines is 1. The highest BCUT2D eigenvalue weighted by Crippen LogP contribution is 2.51. The standard InChI is InChI=1S/C29H27N5O4S/c1-35-22-8-5-19(6-9-22)18-37-28-17-21(34-11-13-36-14-12-34)16-24(31-28)23-3-2-4-26-29(23)38-25-10-7-20(32-33-30)15-27(25)39-26/h2-10,15-17H,11-14,18H2,1H3,(H2,30,32). The van der Waals surface area contributed by atoms with E-state index in [1.165, 1.54) is 0 Å². The average molecular weight is 542 g/mol. The maximum atomic E-state index is 6.42. The summed E-state index contributed by atoms with van der Waals surface area (Å²) < 4.78 is 23.5. The summed E-state index contributed by atoms with van der Waals surface area (Å²) in [6, 6.07) is 23.6. The zero-order valence-electron chi connectivity index (χ0n) is 21.4. The number of ether oxygens (including phenoxy) is 4. The van der Waals surface area contributed by atoms with Gasteiger partial charge in [-0.15, -0.1) is 5.11 Å². The zero-order valence-corrected chi connectivity index (χ0v) is 22.2. The number of aromatic nitrogens is 1. The molecule has 198 valence electrons. The van der Waals surface area contributed by atoms with E-state index in [0.717, 1.165) is 62.6 Å². The summed E-state index contributed by atoms with van der Waals surface area (Å²) in [5.41, 5.74) is 4.40. The number of rotatable bonds is 7. The van der Waals surface area contributed by atoms with E-state index in [1.807, 2.05) is 66.7 Å². The van der Waals surface area contributed by atoms with Crippen molar-refractivity contribution in [2.45, 2.75) is 16.4 Å². The lowest BCUT2D eigenvalue weighted by atomic mass is 10.1. The monoisotopic (exact) mass is 541 g/mol. The molecule has 1 saturated heterocycles. The van der Waals surface area contributed by atoms with Crippen LogP contribution in [-0.2, 0) is 11.3 Å². The Kier molecular flexibility index (Phi) is 7.20. The number of pyridine rings is 1. The summed E-state index contributed by atoms with van der Waals surface area (Å²) in [5.74, 6) is 8.09. The predicted molar refractivity (Wildman–Crippen MR) is 149 cm³/mol.